The van der Waals surface area contributed by atoms with E-state index < -0.39 is 11.6 Å². The number of piperazine rings is 1. The molecule has 1 fully saturated rings. The Bertz CT molecular complexity index is 653. The predicted octanol–water partition coefficient (Wildman–Crippen LogP) is 3.01. The van der Waals surface area contributed by atoms with Crippen molar-refractivity contribution in [1.29, 1.82) is 0 Å². The molecule has 22 heavy (non-hydrogen) atoms. The molecule has 1 aliphatic rings. The van der Waals surface area contributed by atoms with Crippen molar-refractivity contribution < 1.29 is 8.78 Å². The molecular weight excluding hydrogens is 306 g/mol. The molecule has 0 saturated carbocycles. The number of rotatable bonds is 3. The van der Waals surface area contributed by atoms with Crippen LogP contribution in [-0.2, 0) is 0 Å². The van der Waals surface area contributed by atoms with Crippen molar-refractivity contribution in [3.63, 3.8) is 0 Å². The number of hydrogen-bond donors (Lipinski definition) is 0. The summed E-state index contributed by atoms with van der Waals surface area (Å²) in [6, 6.07) is 3.73. The lowest BCUT2D eigenvalue weighted by Crippen LogP contribution is -2.47. The van der Waals surface area contributed by atoms with E-state index in [-0.39, 0.29) is 6.04 Å². The molecule has 4 nitrogen and oxygen atoms in total. The minimum absolute atomic E-state index is 0.0705. The van der Waals surface area contributed by atoms with Gasteiger partial charge < -0.3 is 4.90 Å². The first-order valence-electron chi connectivity index (χ1n) is 7.29. The van der Waals surface area contributed by atoms with Crippen LogP contribution in [0.3, 0.4) is 0 Å². The normalized spacial score (nSPS) is 17.7. The zero-order valence-corrected chi connectivity index (χ0v) is 13.4. The van der Waals surface area contributed by atoms with Crippen LogP contribution in [0.15, 0.2) is 18.2 Å². The Morgan fingerprint density at radius 1 is 1.18 bits per heavy atom. The standard InChI is InChI=1S/C15H18F2N4S/c1-10(13-4-3-12(16)9-14(13)17)20-5-7-21(8-6-20)15-18-11(2)19-22-15/h3-4,9-10H,5-8H2,1-2H3/t10-/m0/s1. The van der Waals surface area contributed by atoms with Crippen LogP contribution >= 0.6 is 11.5 Å². The van der Waals surface area contributed by atoms with Crippen LogP contribution in [0.5, 0.6) is 0 Å². The maximum Gasteiger partial charge on any atom is 0.205 e. The maximum atomic E-state index is 13.9. The molecule has 1 saturated heterocycles. The number of aryl methyl sites for hydroxylation is 1. The summed E-state index contributed by atoms with van der Waals surface area (Å²) in [6.07, 6.45) is 0. The zero-order valence-electron chi connectivity index (χ0n) is 12.6. The number of aromatic nitrogens is 2. The smallest absolute Gasteiger partial charge is 0.205 e. The van der Waals surface area contributed by atoms with Gasteiger partial charge in [0.2, 0.25) is 5.13 Å². The largest absolute Gasteiger partial charge is 0.344 e. The van der Waals surface area contributed by atoms with Gasteiger partial charge in [-0.05, 0) is 19.9 Å². The summed E-state index contributed by atoms with van der Waals surface area (Å²) in [5, 5.41) is 0.942. The first kappa shape index (κ1) is 15.3. The molecule has 0 radical (unpaired) electrons. The van der Waals surface area contributed by atoms with Gasteiger partial charge in [0, 0.05) is 55.4 Å². The van der Waals surface area contributed by atoms with E-state index in [2.05, 4.69) is 19.2 Å². The van der Waals surface area contributed by atoms with Gasteiger partial charge in [-0.2, -0.15) is 4.37 Å². The van der Waals surface area contributed by atoms with E-state index in [0.29, 0.717) is 5.56 Å². The Hall–Kier alpha value is -1.60. The Morgan fingerprint density at radius 3 is 2.50 bits per heavy atom. The summed E-state index contributed by atoms with van der Waals surface area (Å²) >= 11 is 1.41. The second-order valence-electron chi connectivity index (χ2n) is 5.49. The molecule has 7 heteroatoms. The molecule has 118 valence electrons. The second kappa shape index (κ2) is 6.26. The summed E-state index contributed by atoms with van der Waals surface area (Å²) in [5.74, 6) is -0.219. The van der Waals surface area contributed by atoms with Crippen LogP contribution in [0.1, 0.15) is 24.4 Å². The molecule has 1 aliphatic heterocycles. The quantitative estimate of drug-likeness (QED) is 0.869. The van der Waals surface area contributed by atoms with E-state index in [0.717, 1.165) is 43.2 Å². The number of anilines is 1. The molecule has 0 N–H and O–H groups in total. The van der Waals surface area contributed by atoms with Gasteiger partial charge >= 0.3 is 0 Å². The summed E-state index contributed by atoms with van der Waals surface area (Å²) < 4.78 is 31.1. The lowest BCUT2D eigenvalue weighted by Gasteiger charge is -2.38. The van der Waals surface area contributed by atoms with Crippen LogP contribution in [0.2, 0.25) is 0 Å². The minimum atomic E-state index is -0.537. The maximum absolute atomic E-state index is 13.9. The van der Waals surface area contributed by atoms with Gasteiger partial charge in [-0.15, -0.1) is 0 Å². The van der Waals surface area contributed by atoms with E-state index in [4.69, 9.17) is 0 Å². The van der Waals surface area contributed by atoms with E-state index >= 15 is 0 Å². The van der Waals surface area contributed by atoms with E-state index in [9.17, 15) is 8.78 Å². The van der Waals surface area contributed by atoms with E-state index in [1.54, 1.807) is 0 Å². The van der Waals surface area contributed by atoms with Gasteiger partial charge in [0.15, 0.2) is 0 Å². The highest BCUT2D eigenvalue weighted by molar-refractivity contribution is 7.09. The minimum Gasteiger partial charge on any atom is -0.344 e. The highest BCUT2D eigenvalue weighted by atomic mass is 32.1. The molecule has 3 rings (SSSR count). The molecule has 1 atom stereocenters. The van der Waals surface area contributed by atoms with Crippen LogP contribution in [-0.4, -0.2) is 40.4 Å². The molecule has 2 aromatic rings. The van der Waals surface area contributed by atoms with Crippen molar-refractivity contribution in [3.8, 4) is 0 Å². The first-order valence-corrected chi connectivity index (χ1v) is 8.06. The molecule has 1 aromatic heterocycles. The Kier molecular flexibility index (Phi) is 4.35. The van der Waals surface area contributed by atoms with Gasteiger partial charge in [-0.3, -0.25) is 4.90 Å². The highest BCUT2D eigenvalue weighted by Crippen LogP contribution is 2.26. The second-order valence-corrected chi connectivity index (χ2v) is 6.22. The molecule has 2 heterocycles. The lowest BCUT2D eigenvalue weighted by atomic mass is 10.1. The van der Waals surface area contributed by atoms with Crippen molar-refractivity contribution in [1.82, 2.24) is 14.3 Å². The highest BCUT2D eigenvalue weighted by Gasteiger charge is 2.25. The topological polar surface area (TPSA) is 32.3 Å². The molecule has 0 unspecified atom stereocenters. The number of nitrogens with zero attached hydrogens (tertiary/aromatic N) is 4. The fraction of sp³-hybridized carbons (Fsp3) is 0.467. The number of hydrogen-bond acceptors (Lipinski definition) is 5. The number of benzene rings is 1. The fourth-order valence-corrected chi connectivity index (χ4v) is 3.48. The third kappa shape index (κ3) is 3.10. The van der Waals surface area contributed by atoms with Gasteiger partial charge in [-0.1, -0.05) is 6.07 Å². The van der Waals surface area contributed by atoms with Crippen molar-refractivity contribution in [3.05, 3.63) is 41.2 Å². The van der Waals surface area contributed by atoms with Gasteiger partial charge in [0.05, 0.1) is 0 Å². The predicted molar refractivity (Wildman–Crippen MR) is 83.2 cm³/mol. The molecule has 0 aliphatic carbocycles. The molecule has 0 amide bonds. The first-order chi connectivity index (χ1) is 10.5. The summed E-state index contributed by atoms with van der Waals surface area (Å²) in [4.78, 5) is 8.81. The Labute approximate surface area is 132 Å². The Morgan fingerprint density at radius 2 is 1.91 bits per heavy atom. The monoisotopic (exact) mass is 324 g/mol. The zero-order chi connectivity index (χ0) is 15.7. The van der Waals surface area contributed by atoms with E-state index in [1.165, 1.54) is 23.7 Å². The summed E-state index contributed by atoms with van der Waals surface area (Å²) in [6.45, 7) is 7.15. The lowest BCUT2D eigenvalue weighted by molar-refractivity contribution is 0.195. The third-order valence-electron chi connectivity index (χ3n) is 4.06. The summed E-state index contributed by atoms with van der Waals surface area (Å²) in [5.41, 5.74) is 0.543. The average Bonchev–Trinajstić information content (AvgIpc) is 2.93. The number of halogens is 2. The van der Waals surface area contributed by atoms with E-state index in [1.807, 2.05) is 13.8 Å². The third-order valence-corrected chi connectivity index (χ3v) is 4.93. The van der Waals surface area contributed by atoms with Crippen LogP contribution in [0.25, 0.3) is 0 Å². The SMILES string of the molecule is Cc1nsc(N2CCN([C@@H](C)c3ccc(F)cc3F)CC2)n1. The van der Waals surface area contributed by atoms with Crippen LogP contribution < -0.4 is 4.90 Å². The van der Waals surface area contributed by atoms with Crippen molar-refractivity contribution in [2.75, 3.05) is 31.1 Å². The van der Waals surface area contributed by atoms with Gasteiger partial charge in [0.1, 0.15) is 17.5 Å². The Balaban J connectivity index is 1.65. The van der Waals surface area contributed by atoms with Crippen molar-refractivity contribution in [2.24, 2.45) is 0 Å². The van der Waals surface area contributed by atoms with Crippen LogP contribution in [0.4, 0.5) is 13.9 Å². The summed E-state index contributed by atoms with van der Waals surface area (Å²) in [7, 11) is 0. The van der Waals surface area contributed by atoms with Gasteiger partial charge in [-0.25, -0.2) is 13.8 Å². The molecule has 0 spiro atoms. The molecular formula is C15H18F2N4S. The fourth-order valence-electron chi connectivity index (χ4n) is 2.75. The van der Waals surface area contributed by atoms with Crippen molar-refractivity contribution in [2.45, 2.75) is 19.9 Å². The molecule has 0 bridgehead atoms. The average molecular weight is 324 g/mol. The molecule has 1 aromatic carbocycles. The van der Waals surface area contributed by atoms with Crippen molar-refractivity contribution >= 4 is 16.7 Å². The van der Waals surface area contributed by atoms with Gasteiger partial charge in [0.25, 0.3) is 0 Å². The van der Waals surface area contributed by atoms with Crippen LogP contribution in [0, 0.1) is 18.6 Å².